The van der Waals surface area contributed by atoms with E-state index < -0.39 is 0 Å². The molecule has 0 unspecified atom stereocenters. The third-order valence-electron chi connectivity index (χ3n) is 2.94. The van der Waals surface area contributed by atoms with Crippen molar-refractivity contribution in [1.29, 1.82) is 0 Å². The first-order valence-corrected chi connectivity index (χ1v) is 6.73. The maximum absolute atomic E-state index is 12.9. The molecule has 0 aromatic heterocycles. The molecule has 1 aliphatic carbocycles. The molecule has 0 saturated heterocycles. The summed E-state index contributed by atoms with van der Waals surface area (Å²) in [6.07, 6.45) is 5.57. The molecule has 0 heterocycles. The zero-order valence-corrected chi connectivity index (χ0v) is 11.4. The van der Waals surface area contributed by atoms with Crippen molar-refractivity contribution >= 4 is 29.1 Å². The summed E-state index contributed by atoms with van der Waals surface area (Å²) in [6.45, 7) is 4.06. The fourth-order valence-electron chi connectivity index (χ4n) is 1.93. The molecule has 1 aromatic carbocycles. The first-order valence-electron chi connectivity index (χ1n) is 5.92. The summed E-state index contributed by atoms with van der Waals surface area (Å²) in [7, 11) is 0. The van der Waals surface area contributed by atoms with Crippen molar-refractivity contribution in [3.63, 3.8) is 0 Å². The van der Waals surface area contributed by atoms with Gasteiger partial charge in [-0.05, 0) is 0 Å². The van der Waals surface area contributed by atoms with E-state index in [9.17, 15) is 4.39 Å². The number of benzene rings is 1. The van der Waals surface area contributed by atoms with Crippen LogP contribution in [0.4, 0.5) is 4.39 Å². The Balaban J connectivity index is 2.04. The molecule has 0 aliphatic heterocycles. The monoisotopic (exact) mass is 287 g/mol. The molecule has 1 aromatic rings. The van der Waals surface area contributed by atoms with Gasteiger partial charge in [-0.25, -0.2) is 0 Å². The second-order valence-electron chi connectivity index (χ2n) is 4.19. The zero-order valence-electron chi connectivity index (χ0n) is 10.6. The van der Waals surface area contributed by atoms with Crippen molar-refractivity contribution in [2.24, 2.45) is 5.28 Å². The predicted octanol–water partition coefficient (Wildman–Crippen LogP) is 4.24. The van der Waals surface area contributed by atoms with Crippen molar-refractivity contribution in [1.82, 2.24) is 0 Å². The van der Waals surface area contributed by atoms with Crippen LogP contribution in [0, 0.1) is 5.82 Å². The normalized spacial score (nSPS) is 15.2. The van der Waals surface area contributed by atoms with Gasteiger partial charge in [0.15, 0.2) is 0 Å². The fourth-order valence-corrected chi connectivity index (χ4v) is 2.35. The molecule has 20 heavy (non-hydrogen) atoms. The van der Waals surface area contributed by atoms with Gasteiger partial charge < -0.3 is 0 Å². The Morgan fingerprint density at radius 2 is 2.15 bits per heavy atom. The summed E-state index contributed by atoms with van der Waals surface area (Å²) in [5.41, 5.74) is 12.1. The van der Waals surface area contributed by atoms with Gasteiger partial charge in [0, 0.05) is 0 Å². The third-order valence-corrected chi connectivity index (χ3v) is 3.49. The number of hydrogen-bond donors (Lipinski definition) is 0. The quantitative estimate of drug-likeness (QED) is 0.155. The summed E-state index contributed by atoms with van der Waals surface area (Å²) < 4.78 is 17.5. The number of allylic oxidation sites excluding steroid dienone is 3. The summed E-state index contributed by atoms with van der Waals surface area (Å²) in [6, 6.07) is 6.30. The first kappa shape index (κ1) is 14.4. The minimum atomic E-state index is -0.255. The molecule has 0 bridgehead atoms. The van der Waals surface area contributed by atoms with Gasteiger partial charge in [0.1, 0.15) is 0 Å². The van der Waals surface area contributed by atoms with Crippen molar-refractivity contribution in [2.75, 3.05) is 0 Å². The number of hydrogen-bond acceptors (Lipinski definition) is 3. The Bertz CT molecular complexity index is 621. The Labute approximate surface area is 120 Å². The minimum absolute atomic E-state index is 0.255. The van der Waals surface area contributed by atoms with E-state index in [0.29, 0.717) is 0 Å². The molecule has 100 valence electrons. The van der Waals surface area contributed by atoms with Gasteiger partial charge in [-0.15, -0.1) is 0 Å². The summed E-state index contributed by atoms with van der Waals surface area (Å²) in [5, 5.41) is 2.97. The van der Waals surface area contributed by atoms with Crippen LogP contribution >= 0.6 is 11.9 Å². The van der Waals surface area contributed by atoms with E-state index >= 15 is 0 Å². The zero-order chi connectivity index (χ0) is 14.4. The van der Waals surface area contributed by atoms with Crippen LogP contribution in [0.15, 0.2) is 47.8 Å². The van der Waals surface area contributed by atoms with E-state index in [1.807, 2.05) is 6.08 Å². The van der Waals surface area contributed by atoms with Gasteiger partial charge in [-0.1, -0.05) is 0 Å². The molecule has 1 aliphatic rings. The summed E-state index contributed by atoms with van der Waals surface area (Å²) in [4.78, 5) is 2.48. The van der Waals surface area contributed by atoms with Gasteiger partial charge in [0.25, 0.3) is 0 Å². The average Bonchev–Trinajstić information content (AvgIpc) is 2.92. The number of azide groups is 1. The Kier molecular flexibility index (Phi) is 5.04. The van der Waals surface area contributed by atoms with Crippen molar-refractivity contribution < 1.29 is 8.67 Å². The summed E-state index contributed by atoms with van der Waals surface area (Å²) in [5.74, 6) is -0.255. The molecule has 0 N–H and O–H groups in total. The topological polar surface area (TPSA) is 58.0 Å². The standard InChI is InChI=1S/C13H11BFN3OS/c1-9(10-3-6-13(15)7-4-10)11-2-5-12(8-11)14-20-19-18-17-16/h3-4,6-8H,1-2,5H2. The number of nitrogens with zero attached hydrogens (tertiary/aromatic N) is 3. The molecule has 2 rings (SSSR count). The van der Waals surface area contributed by atoms with Crippen LogP contribution in [0.5, 0.6) is 0 Å². The molecule has 7 heteroatoms. The van der Waals surface area contributed by atoms with Crippen LogP contribution < -0.4 is 0 Å². The van der Waals surface area contributed by atoms with Crippen LogP contribution in [0.1, 0.15) is 18.4 Å². The van der Waals surface area contributed by atoms with E-state index in [2.05, 4.69) is 21.1 Å². The Morgan fingerprint density at radius 1 is 1.40 bits per heavy atom. The molecule has 0 amide bonds. The average molecular weight is 287 g/mol. The second-order valence-corrected chi connectivity index (χ2v) is 4.77. The van der Waals surface area contributed by atoms with E-state index in [1.165, 1.54) is 12.1 Å². The van der Waals surface area contributed by atoms with Gasteiger partial charge in [0.05, 0.1) is 0 Å². The van der Waals surface area contributed by atoms with Gasteiger partial charge in [-0.3, -0.25) is 0 Å². The number of halogens is 1. The molecule has 0 radical (unpaired) electrons. The third kappa shape index (κ3) is 3.76. The molecular weight excluding hydrogens is 276 g/mol. The summed E-state index contributed by atoms with van der Waals surface area (Å²) >= 11 is 0.980. The van der Waals surface area contributed by atoms with Gasteiger partial charge in [0.2, 0.25) is 0 Å². The van der Waals surface area contributed by atoms with Gasteiger partial charge in [-0.2, -0.15) is 0 Å². The molecule has 0 saturated carbocycles. The van der Waals surface area contributed by atoms with Crippen LogP contribution in [0.2, 0.25) is 0 Å². The number of rotatable bonds is 5. The van der Waals surface area contributed by atoms with Crippen LogP contribution in [0.3, 0.4) is 0 Å². The van der Waals surface area contributed by atoms with Crippen LogP contribution in [-0.4, -0.2) is 11.7 Å². The fraction of sp³-hybridized carbons (Fsp3) is 0.154. The second kappa shape index (κ2) is 6.98. The van der Waals surface area contributed by atoms with E-state index in [0.717, 1.165) is 46.9 Å². The van der Waals surface area contributed by atoms with E-state index in [1.54, 1.807) is 18.3 Å². The van der Waals surface area contributed by atoms with Crippen LogP contribution in [-0.2, 0) is 4.28 Å². The van der Waals surface area contributed by atoms with E-state index in [-0.39, 0.29) is 5.82 Å². The predicted molar refractivity (Wildman–Crippen MR) is 81.3 cm³/mol. The molecule has 0 fully saturated rings. The first-order chi connectivity index (χ1) is 9.70. The molecule has 0 atom stereocenters. The van der Waals surface area contributed by atoms with Crippen molar-refractivity contribution in [3.05, 3.63) is 64.3 Å². The van der Waals surface area contributed by atoms with Crippen molar-refractivity contribution in [2.45, 2.75) is 12.8 Å². The van der Waals surface area contributed by atoms with Gasteiger partial charge >= 0.3 is 120 Å². The molecular formula is C13H11BFN3OS. The van der Waals surface area contributed by atoms with Crippen molar-refractivity contribution in [3.8, 4) is 0 Å². The maximum atomic E-state index is 12.9. The SMILES string of the molecule is C=C(C1=CC(=BSON=[N+]=[N-])CC1)c1ccc(F)cc1. The van der Waals surface area contributed by atoms with E-state index in [4.69, 9.17) is 5.53 Å². The Morgan fingerprint density at radius 3 is 2.85 bits per heavy atom. The van der Waals surface area contributed by atoms with Crippen LogP contribution in [0.25, 0.3) is 16.0 Å². The molecule has 4 nitrogen and oxygen atoms in total. The molecule has 0 spiro atoms. The Hall–Kier alpha value is -1.98.